The lowest BCUT2D eigenvalue weighted by molar-refractivity contribution is 0.0548. The number of carbonyl (C=O) groups is 1. The second-order valence-electron chi connectivity index (χ2n) is 3.05. The fourth-order valence-electron chi connectivity index (χ4n) is 1.13. The molecule has 0 aromatic carbocycles. The Labute approximate surface area is 79.5 Å². The fourth-order valence-corrected chi connectivity index (χ4v) is 1.13. The first-order valence-electron chi connectivity index (χ1n) is 4.35. The maximum absolute atomic E-state index is 11.0. The second-order valence-corrected chi connectivity index (χ2v) is 3.05. The topological polar surface area (TPSA) is 38.3 Å². The Balaban J connectivity index is 4.39. The molecule has 13 heavy (non-hydrogen) atoms. The lowest BCUT2D eigenvalue weighted by atomic mass is 10.0. The molecule has 0 radical (unpaired) electrons. The van der Waals surface area contributed by atoms with Gasteiger partial charge in [0.2, 0.25) is 0 Å². The molecular formula is C10H17NO2. The molecule has 0 spiro atoms. The zero-order chi connectivity index (χ0) is 10.3. The van der Waals surface area contributed by atoms with Gasteiger partial charge in [-0.3, -0.25) is 0 Å². The molecule has 0 aromatic rings. The van der Waals surface area contributed by atoms with Crippen molar-refractivity contribution in [2.75, 3.05) is 7.05 Å². The summed E-state index contributed by atoms with van der Waals surface area (Å²) in [5.74, 6) is 0. The van der Waals surface area contributed by atoms with Crippen LogP contribution in [0.15, 0.2) is 18.4 Å². The largest absolute Gasteiger partial charge is 0.438 e. The van der Waals surface area contributed by atoms with Crippen molar-refractivity contribution in [1.82, 2.24) is 5.32 Å². The zero-order valence-corrected chi connectivity index (χ0v) is 8.52. The minimum absolute atomic E-state index is 0.428. The van der Waals surface area contributed by atoms with Gasteiger partial charge in [0.1, 0.15) is 5.60 Å². The summed E-state index contributed by atoms with van der Waals surface area (Å²) < 4.78 is 5.16. The fraction of sp³-hybridized carbons (Fsp3) is 0.600. The van der Waals surface area contributed by atoms with Crippen LogP contribution in [-0.4, -0.2) is 18.7 Å². The highest BCUT2D eigenvalue weighted by Gasteiger charge is 2.23. The van der Waals surface area contributed by atoms with Crippen molar-refractivity contribution in [1.29, 1.82) is 0 Å². The molecule has 0 aliphatic heterocycles. The van der Waals surface area contributed by atoms with Gasteiger partial charge in [0.15, 0.2) is 0 Å². The predicted octanol–water partition coefficient (Wildman–Crippen LogP) is 2.24. The quantitative estimate of drug-likeness (QED) is 0.679. The van der Waals surface area contributed by atoms with Gasteiger partial charge in [-0.05, 0) is 13.3 Å². The summed E-state index contributed by atoms with van der Waals surface area (Å²) in [6.07, 6.45) is 2.95. The van der Waals surface area contributed by atoms with Crippen LogP contribution in [0.4, 0.5) is 4.79 Å². The van der Waals surface area contributed by atoms with Crippen LogP contribution in [0.25, 0.3) is 0 Å². The normalized spacial score (nSPS) is 13.8. The number of carbonyl (C=O) groups excluding carboxylic acids is 1. The predicted molar refractivity (Wildman–Crippen MR) is 52.6 cm³/mol. The lowest BCUT2D eigenvalue weighted by Gasteiger charge is -2.24. The number of nitrogens with one attached hydrogen (secondary N) is 1. The van der Waals surface area contributed by atoms with Crippen molar-refractivity contribution < 1.29 is 9.53 Å². The van der Waals surface area contributed by atoms with Crippen LogP contribution in [0, 0.1) is 0 Å². The van der Waals surface area contributed by atoms with E-state index in [4.69, 9.17) is 4.74 Å². The first-order valence-corrected chi connectivity index (χ1v) is 4.35. The number of alkyl carbamates (subject to hydrolysis) is 1. The van der Waals surface area contributed by atoms with Gasteiger partial charge in [-0.2, -0.15) is 0 Å². The van der Waals surface area contributed by atoms with Crippen LogP contribution >= 0.6 is 0 Å². The van der Waals surface area contributed by atoms with Crippen LogP contribution in [0.1, 0.15) is 26.7 Å². The molecule has 3 nitrogen and oxygen atoms in total. The average molecular weight is 183 g/mol. The van der Waals surface area contributed by atoms with Crippen molar-refractivity contribution in [3.63, 3.8) is 0 Å². The van der Waals surface area contributed by atoms with Crippen molar-refractivity contribution in [2.24, 2.45) is 0 Å². The molecule has 1 unspecified atom stereocenters. The SMILES string of the molecule is C=C=CC(C)(CCC)OC(=O)NC. The minimum Gasteiger partial charge on any atom is -0.438 e. The molecule has 0 fully saturated rings. The first kappa shape index (κ1) is 11.8. The standard InChI is InChI=1S/C10H17NO2/c1-5-7-10(3,8-6-2)13-9(12)11-4/h7H,1,6,8H2,2-4H3,(H,11,12). The van der Waals surface area contributed by atoms with E-state index in [1.807, 2.05) is 13.8 Å². The Morgan fingerprint density at radius 1 is 1.77 bits per heavy atom. The van der Waals surface area contributed by atoms with E-state index in [9.17, 15) is 4.79 Å². The summed E-state index contributed by atoms with van der Waals surface area (Å²) in [6, 6.07) is 0. The van der Waals surface area contributed by atoms with Gasteiger partial charge in [0.25, 0.3) is 0 Å². The summed E-state index contributed by atoms with van der Waals surface area (Å²) in [4.78, 5) is 11.0. The molecule has 0 rings (SSSR count). The lowest BCUT2D eigenvalue weighted by Crippen LogP contribution is -2.33. The third kappa shape index (κ3) is 4.38. The van der Waals surface area contributed by atoms with E-state index in [-0.39, 0.29) is 0 Å². The van der Waals surface area contributed by atoms with Crippen molar-refractivity contribution >= 4 is 6.09 Å². The molecule has 3 heteroatoms. The van der Waals surface area contributed by atoms with E-state index < -0.39 is 11.7 Å². The van der Waals surface area contributed by atoms with E-state index >= 15 is 0 Å². The van der Waals surface area contributed by atoms with Gasteiger partial charge in [0, 0.05) is 13.1 Å². The Morgan fingerprint density at radius 2 is 2.38 bits per heavy atom. The highest BCUT2D eigenvalue weighted by atomic mass is 16.6. The van der Waals surface area contributed by atoms with E-state index in [2.05, 4.69) is 17.6 Å². The molecule has 0 bridgehead atoms. The summed E-state index contributed by atoms with van der Waals surface area (Å²) in [5.41, 5.74) is 2.06. The summed E-state index contributed by atoms with van der Waals surface area (Å²) >= 11 is 0. The van der Waals surface area contributed by atoms with Crippen LogP contribution < -0.4 is 5.32 Å². The highest BCUT2D eigenvalue weighted by Crippen LogP contribution is 2.18. The van der Waals surface area contributed by atoms with Crippen molar-refractivity contribution in [2.45, 2.75) is 32.3 Å². The smallest absolute Gasteiger partial charge is 0.407 e. The molecule has 0 aromatic heterocycles. The number of rotatable bonds is 4. The molecule has 1 N–H and O–H groups in total. The zero-order valence-electron chi connectivity index (χ0n) is 8.52. The Kier molecular flexibility index (Phi) is 4.93. The van der Waals surface area contributed by atoms with Crippen LogP contribution in [0.5, 0.6) is 0 Å². The molecule has 1 atom stereocenters. The molecule has 0 aliphatic rings. The van der Waals surface area contributed by atoms with Gasteiger partial charge >= 0.3 is 6.09 Å². The molecule has 0 heterocycles. The Hall–Kier alpha value is -1.21. The third-order valence-electron chi connectivity index (χ3n) is 1.68. The van der Waals surface area contributed by atoms with E-state index in [1.165, 1.54) is 7.05 Å². The van der Waals surface area contributed by atoms with Gasteiger partial charge in [-0.25, -0.2) is 4.79 Å². The molecule has 1 amide bonds. The van der Waals surface area contributed by atoms with Crippen molar-refractivity contribution in [3.05, 3.63) is 18.4 Å². The summed E-state index contributed by atoms with van der Waals surface area (Å²) in [7, 11) is 1.53. The second kappa shape index (κ2) is 5.44. The monoisotopic (exact) mass is 183 g/mol. The van der Waals surface area contributed by atoms with Gasteiger partial charge in [-0.15, -0.1) is 5.73 Å². The van der Waals surface area contributed by atoms with Gasteiger partial charge in [-0.1, -0.05) is 19.9 Å². The van der Waals surface area contributed by atoms with Crippen LogP contribution in [-0.2, 0) is 4.74 Å². The summed E-state index contributed by atoms with van der Waals surface area (Å²) in [6.45, 7) is 7.34. The van der Waals surface area contributed by atoms with E-state index in [0.717, 1.165) is 12.8 Å². The molecule has 0 saturated carbocycles. The number of hydrogen-bond acceptors (Lipinski definition) is 2. The number of amides is 1. The Morgan fingerprint density at radius 3 is 2.77 bits per heavy atom. The minimum atomic E-state index is -0.587. The van der Waals surface area contributed by atoms with E-state index in [1.54, 1.807) is 6.08 Å². The van der Waals surface area contributed by atoms with Gasteiger partial charge < -0.3 is 10.1 Å². The Bertz CT molecular complexity index is 219. The maximum Gasteiger partial charge on any atom is 0.407 e. The van der Waals surface area contributed by atoms with Crippen LogP contribution in [0.3, 0.4) is 0 Å². The number of hydrogen-bond donors (Lipinski definition) is 1. The van der Waals surface area contributed by atoms with Gasteiger partial charge in [0.05, 0.1) is 0 Å². The average Bonchev–Trinajstić information content (AvgIpc) is 2.04. The van der Waals surface area contributed by atoms with Crippen molar-refractivity contribution in [3.8, 4) is 0 Å². The van der Waals surface area contributed by atoms with E-state index in [0.29, 0.717) is 0 Å². The summed E-state index contributed by atoms with van der Waals surface area (Å²) in [5, 5.41) is 2.41. The molecule has 74 valence electrons. The highest BCUT2D eigenvalue weighted by molar-refractivity contribution is 5.67. The molecule has 0 saturated heterocycles. The third-order valence-corrected chi connectivity index (χ3v) is 1.68. The maximum atomic E-state index is 11.0. The van der Waals surface area contributed by atoms with Crippen LogP contribution in [0.2, 0.25) is 0 Å². The first-order chi connectivity index (χ1) is 6.08. The number of ether oxygens (including phenoxy) is 1. The molecule has 0 aliphatic carbocycles. The molecular weight excluding hydrogens is 166 g/mol.